The Hall–Kier alpha value is -0.530. The zero-order valence-corrected chi connectivity index (χ0v) is 14.6. The summed E-state index contributed by atoms with van der Waals surface area (Å²) in [4.78, 5) is 13.0. The monoisotopic (exact) mass is 316 g/mol. The van der Waals surface area contributed by atoms with E-state index in [1.54, 1.807) is 0 Å². The maximum Gasteiger partial charge on any atom is 0.309 e. The third-order valence-corrected chi connectivity index (χ3v) is 8.68. The van der Waals surface area contributed by atoms with Crippen molar-refractivity contribution in [2.24, 2.45) is 41.4 Å². The Morgan fingerprint density at radius 1 is 0.913 bits per heavy atom. The van der Waals surface area contributed by atoms with Gasteiger partial charge in [-0.05, 0) is 93.8 Å². The van der Waals surface area contributed by atoms with E-state index in [-0.39, 0.29) is 17.5 Å². The van der Waals surface area contributed by atoms with Crippen molar-refractivity contribution in [3.63, 3.8) is 0 Å². The first-order valence-electron chi connectivity index (χ1n) is 10.4. The van der Waals surface area contributed by atoms with Crippen LogP contribution in [0.3, 0.4) is 0 Å². The van der Waals surface area contributed by atoms with E-state index in [9.17, 15) is 4.79 Å². The SMILES string of the molecule is CC1CC2CC1CC2C(=O)OC1(C2CC3CCC2C3)CCCC1. The molecule has 7 atom stereocenters. The number of esters is 1. The van der Waals surface area contributed by atoms with Crippen LogP contribution in [0.2, 0.25) is 0 Å². The van der Waals surface area contributed by atoms with Crippen molar-refractivity contribution in [2.75, 3.05) is 0 Å². The van der Waals surface area contributed by atoms with Crippen molar-refractivity contribution in [3.05, 3.63) is 0 Å². The number of hydrogen-bond donors (Lipinski definition) is 0. The Labute approximate surface area is 140 Å². The fourth-order valence-electron chi connectivity index (χ4n) is 7.54. The summed E-state index contributed by atoms with van der Waals surface area (Å²) in [6, 6.07) is 0. The summed E-state index contributed by atoms with van der Waals surface area (Å²) in [6.45, 7) is 2.37. The van der Waals surface area contributed by atoms with E-state index in [0.717, 1.165) is 42.9 Å². The number of fused-ring (bicyclic) bond motifs is 4. The third-order valence-electron chi connectivity index (χ3n) is 8.68. The molecular formula is C21H32O2. The lowest BCUT2D eigenvalue weighted by Crippen LogP contribution is -2.44. The van der Waals surface area contributed by atoms with Crippen LogP contribution in [0.25, 0.3) is 0 Å². The predicted octanol–water partition coefficient (Wildman–Crippen LogP) is 4.96. The van der Waals surface area contributed by atoms with E-state index in [1.807, 2.05) is 0 Å². The topological polar surface area (TPSA) is 26.3 Å². The largest absolute Gasteiger partial charge is 0.459 e. The van der Waals surface area contributed by atoms with Crippen LogP contribution < -0.4 is 0 Å². The van der Waals surface area contributed by atoms with Crippen molar-refractivity contribution in [1.82, 2.24) is 0 Å². The number of rotatable bonds is 3. The molecular weight excluding hydrogens is 284 g/mol. The molecule has 2 nitrogen and oxygen atoms in total. The van der Waals surface area contributed by atoms with E-state index >= 15 is 0 Å². The van der Waals surface area contributed by atoms with E-state index in [2.05, 4.69) is 6.92 Å². The smallest absolute Gasteiger partial charge is 0.309 e. The molecule has 5 aliphatic carbocycles. The molecule has 0 aromatic heterocycles. The van der Waals surface area contributed by atoms with Gasteiger partial charge in [-0.1, -0.05) is 13.3 Å². The molecule has 128 valence electrons. The highest BCUT2D eigenvalue weighted by molar-refractivity contribution is 5.74. The van der Waals surface area contributed by atoms with Gasteiger partial charge in [0.05, 0.1) is 5.92 Å². The van der Waals surface area contributed by atoms with Gasteiger partial charge >= 0.3 is 5.97 Å². The molecule has 0 amide bonds. The number of carbonyl (C=O) groups is 1. The second-order valence-corrected chi connectivity index (χ2v) is 9.79. The first-order chi connectivity index (χ1) is 11.1. The van der Waals surface area contributed by atoms with Gasteiger partial charge in [0.15, 0.2) is 0 Å². The van der Waals surface area contributed by atoms with Gasteiger partial charge in [-0.3, -0.25) is 4.79 Å². The summed E-state index contributed by atoms with van der Waals surface area (Å²) in [5.41, 5.74) is -0.0512. The molecule has 2 heteroatoms. The number of hydrogen-bond acceptors (Lipinski definition) is 2. The molecule has 5 fully saturated rings. The van der Waals surface area contributed by atoms with Gasteiger partial charge in [-0.2, -0.15) is 0 Å². The predicted molar refractivity (Wildman–Crippen MR) is 89.7 cm³/mol. The molecule has 0 N–H and O–H groups in total. The van der Waals surface area contributed by atoms with Gasteiger partial charge in [0.2, 0.25) is 0 Å². The van der Waals surface area contributed by atoms with Gasteiger partial charge in [0.25, 0.3) is 0 Å². The Morgan fingerprint density at radius 3 is 2.30 bits per heavy atom. The highest BCUT2D eigenvalue weighted by Crippen LogP contribution is 2.58. The average molecular weight is 316 g/mol. The fourth-order valence-corrected chi connectivity index (χ4v) is 7.54. The normalized spacial score (nSPS) is 49.9. The lowest BCUT2D eigenvalue weighted by molar-refractivity contribution is -0.175. The van der Waals surface area contributed by atoms with Crippen LogP contribution >= 0.6 is 0 Å². The Bertz CT molecular complexity index is 490. The molecule has 0 saturated heterocycles. The van der Waals surface area contributed by atoms with E-state index < -0.39 is 0 Å². The van der Waals surface area contributed by atoms with Crippen LogP contribution in [0.4, 0.5) is 0 Å². The second kappa shape index (κ2) is 5.23. The van der Waals surface area contributed by atoms with Crippen molar-refractivity contribution in [3.8, 4) is 0 Å². The van der Waals surface area contributed by atoms with Crippen molar-refractivity contribution in [2.45, 2.75) is 83.2 Å². The van der Waals surface area contributed by atoms with Crippen molar-refractivity contribution >= 4 is 5.97 Å². The van der Waals surface area contributed by atoms with Crippen LogP contribution in [-0.4, -0.2) is 11.6 Å². The first-order valence-corrected chi connectivity index (χ1v) is 10.4. The third kappa shape index (κ3) is 2.23. The molecule has 5 aliphatic rings. The zero-order valence-electron chi connectivity index (χ0n) is 14.6. The summed E-state index contributed by atoms with van der Waals surface area (Å²) < 4.78 is 6.47. The molecule has 0 aromatic carbocycles. The van der Waals surface area contributed by atoms with E-state index in [1.165, 1.54) is 51.4 Å². The van der Waals surface area contributed by atoms with Crippen molar-refractivity contribution in [1.29, 1.82) is 0 Å². The summed E-state index contributed by atoms with van der Waals surface area (Å²) in [7, 11) is 0. The Balaban J connectivity index is 1.32. The van der Waals surface area contributed by atoms with Crippen LogP contribution in [0.1, 0.15) is 77.6 Å². The summed E-state index contributed by atoms with van der Waals surface area (Å²) >= 11 is 0. The minimum Gasteiger partial charge on any atom is -0.459 e. The van der Waals surface area contributed by atoms with Gasteiger partial charge in [0.1, 0.15) is 5.60 Å². The number of carbonyl (C=O) groups excluding carboxylic acids is 1. The van der Waals surface area contributed by atoms with Crippen LogP contribution in [0.15, 0.2) is 0 Å². The molecule has 5 rings (SSSR count). The quantitative estimate of drug-likeness (QED) is 0.688. The highest BCUT2D eigenvalue weighted by Gasteiger charge is 2.55. The van der Waals surface area contributed by atoms with Crippen LogP contribution in [-0.2, 0) is 9.53 Å². The molecule has 5 saturated carbocycles. The van der Waals surface area contributed by atoms with Gasteiger partial charge in [-0.25, -0.2) is 0 Å². The second-order valence-electron chi connectivity index (χ2n) is 9.79. The molecule has 23 heavy (non-hydrogen) atoms. The van der Waals surface area contributed by atoms with Crippen molar-refractivity contribution < 1.29 is 9.53 Å². The maximum atomic E-state index is 13.0. The lowest BCUT2D eigenvalue weighted by Gasteiger charge is -2.41. The Kier molecular flexibility index (Phi) is 3.36. The molecule has 0 heterocycles. The molecule has 4 bridgehead atoms. The lowest BCUT2D eigenvalue weighted by atomic mass is 9.74. The molecule has 0 aromatic rings. The highest BCUT2D eigenvalue weighted by atomic mass is 16.6. The Morgan fingerprint density at radius 2 is 1.74 bits per heavy atom. The van der Waals surface area contributed by atoms with Crippen LogP contribution in [0, 0.1) is 41.4 Å². The standard InChI is InChI=1S/C21H32O2/c1-13-8-17-11-16(13)12-18(17)20(22)23-21(6-2-3-7-21)19-10-14-4-5-15(19)9-14/h13-19H,2-12H2,1H3. The van der Waals surface area contributed by atoms with Gasteiger partial charge < -0.3 is 4.74 Å². The molecule has 0 spiro atoms. The first kappa shape index (κ1) is 14.8. The average Bonchev–Trinajstić information content (AvgIpc) is 3.32. The van der Waals surface area contributed by atoms with E-state index in [4.69, 9.17) is 4.74 Å². The molecule has 0 radical (unpaired) electrons. The minimum absolute atomic E-state index is 0.0512. The fraction of sp³-hybridized carbons (Fsp3) is 0.952. The maximum absolute atomic E-state index is 13.0. The molecule has 7 unspecified atom stereocenters. The number of ether oxygens (including phenoxy) is 1. The zero-order chi connectivity index (χ0) is 15.6. The summed E-state index contributed by atoms with van der Waals surface area (Å²) in [5, 5.41) is 0. The summed E-state index contributed by atoms with van der Waals surface area (Å²) in [6.07, 6.45) is 14.2. The van der Waals surface area contributed by atoms with E-state index in [0.29, 0.717) is 11.8 Å². The minimum atomic E-state index is -0.0512. The van der Waals surface area contributed by atoms with Gasteiger partial charge in [-0.15, -0.1) is 0 Å². The van der Waals surface area contributed by atoms with Gasteiger partial charge in [0, 0.05) is 5.92 Å². The molecule has 0 aliphatic heterocycles. The van der Waals surface area contributed by atoms with Crippen LogP contribution in [0.5, 0.6) is 0 Å². The summed E-state index contributed by atoms with van der Waals surface area (Å²) in [5.74, 6) is 5.25.